The van der Waals surface area contributed by atoms with E-state index in [9.17, 15) is 19.7 Å². The zero-order valence-corrected chi connectivity index (χ0v) is 28.2. The second kappa shape index (κ2) is 10.6. The molecule has 0 aromatic carbocycles. The van der Waals surface area contributed by atoms with Gasteiger partial charge in [0.15, 0.2) is 46.3 Å². The summed E-state index contributed by atoms with van der Waals surface area (Å²) >= 11 is 12.1. The van der Waals surface area contributed by atoms with Crippen molar-refractivity contribution in [1.82, 2.24) is 39.0 Å². The van der Waals surface area contributed by atoms with Crippen molar-refractivity contribution in [3.05, 3.63) is 29.3 Å². The molecular formula is C22H26N10O10P2S3. The summed E-state index contributed by atoms with van der Waals surface area (Å²) in [5, 5.41) is 10.9. The van der Waals surface area contributed by atoms with Gasteiger partial charge in [-0.15, -0.1) is 11.8 Å². The standard InChI is InChI=1S/C22H26N10O10P2S3/c1-2-20-4-38-44(36,46)41-21(32-8-28-11-16(32)29-19(24)30-17(11)34)5-47-9(12(21)33)3-37-43(35,45)42-22(20)13(39-22)18(40-20)31-7-27-10-14(23)25-6-26-15(10)31/h6-9,12-13,18,33H,2-5H2,1H3,(H,35,45)(H,36,46)(H2,23,25,26)(H3,24,29,30,34)/t9-,12-,13+,18-,20-,21+,22?,43?,44?/m1/s1. The number of aliphatic hydroxyl groups excluding tert-OH is 1. The molecule has 8 rings (SSSR count). The maximum Gasteiger partial charge on any atom is 0.327 e. The Morgan fingerprint density at radius 2 is 1.85 bits per heavy atom. The number of ether oxygens (including phenoxy) is 2. The normalized spacial score (nSPS) is 40.4. The molecule has 3 unspecified atom stereocenters. The first kappa shape index (κ1) is 32.0. The molecule has 8 heterocycles. The fraction of sp³-hybridized carbons (Fsp3) is 0.545. The molecule has 47 heavy (non-hydrogen) atoms. The van der Waals surface area contributed by atoms with Crippen molar-refractivity contribution >= 4 is 82.9 Å². The van der Waals surface area contributed by atoms with E-state index in [1.165, 1.54) is 23.5 Å². The van der Waals surface area contributed by atoms with Crippen molar-refractivity contribution < 1.29 is 42.5 Å². The van der Waals surface area contributed by atoms with Crippen molar-refractivity contribution in [3.63, 3.8) is 0 Å². The fourth-order valence-corrected chi connectivity index (χ4v) is 11.0. The lowest BCUT2D eigenvalue weighted by Crippen LogP contribution is -2.50. The minimum atomic E-state index is -4.32. The molecule has 2 bridgehead atoms. The van der Waals surface area contributed by atoms with Crippen LogP contribution in [-0.2, 0) is 56.9 Å². The second-order valence-corrected chi connectivity index (χ2v) is 18.0. The molecular weight excluding hydrogens is 722 g/mol. The third-order valence-electron chi connectivity index (χ3n) is 8.63. The number of anilines is 2. The number of aromatic amines is 1. The Kier molecular flexibility index (Phi) is 7.25. The number of thioether (sulfide) groups is 1. The van der Waals surface area contributed by atoms with E-state index < -0.39 is 66.4 Å². The zero-order valence-electron chi connectivity index (χ0n) is 24.0. The highest BCUT2D eigenvalue weighted by Gasteiger charge is 2.82. The Morgan fingerprint density at radius 3 is 2.64 bits per heavy atom. The number of nitrogen functional groups attached to an aromatic ring is 2. The molecule has 9 atom stereocenters. The highest BCUT2D eigenvalue weighted by Crippen LogP contribution is 2.69. The molecule has 0 radical (unpaired) electrons. The summed E-state index contributed by atoms with van der Waals surface area (Å²) in [5.74, 6) is -1.84. The third kappa shape index (κ3) is 4.76. The van der Waals surface area contributed by atoms with Crippen LogP contribution in [0.3, 0.4) is 0 Å². The van der Waals surface area contributed by atoms with Crippen molar-refractivity contribution in [2.45, 2.75) is 54.1 Å². The molecule has 20 nitrogen and oxygen atoms in total. The third-order valence-corrected chi connectivity index (χ3v) is 13.1. The van der Waals surface area contributed by atoms with E-state index in [-0.39, 0.29) is 41.7 Å². The monoisotopic (exact) mass is 748 g/mol. The van der Waals surface area contributed by atoms with Gasteiger partial charge in [-0.2, -0.15) is 4.98 Å². The molecule has 1 spiro atoms. The molecule has 4 aromatic rings. The largest absolute Gasteiger partial charge is 0.387 e. The van der Waals surface area contributed by atoms with Crippen molar-refractivity contribution in [2.75, 3.05) is 30.4 Å². The van der Waals surface area contributed by atoms with Crippen LogP contribution >= 0.6 is 25.2 Å². The van der Waals surface area contributed by atoms with Crippen LogP contribution < -0.4 is 17.0 Å². The number of epoxide rings is 1. The first-order valence-electron chi connectivity index (χ1n) is 13.9. The smallest absolute Gasteiger partial charge is 0.327 e. The number of hydrogen-bond donors (Lipinski definition) is 6. The van der Waals surface area contributed by atoms with E-state index in [0.717, 1.165) is 11.8 Å². The molecule has 4 aliphatic rings. The van der Waals surface area contributed by atoms with E-state index in [4.69, 9.17) is 62.6 Å². The Balaban J connectivity index is 1.21. The lowest BCUT2D eigenvalue weighted by atomic mass is 9.94. The lowest BCUT2D eigenvalue weighted by Gasteiger charge is -2.38. The Morgan fingerprint density at radius 1 is 1.09 bits per heavy atom. The molecule has 252 valence electrons. The molecule has 4 saturated heterocycles. The topological polar surface area (TPSA) is 279 Å². The van der Waals surface area contributed by atoms with Crippen molar-refractivity contribution in [2.24, 2.45) is 0 Å². The van der Waals surface area contributed by atoms with Gasteiger partial charge >= 0.3 is 13.4 Å². The molecule has 0 saturated carbocycles. The van der Waals surface area contributed by atoms with Crippen LogP contribution in [0.1, 0.15) is 19.6 Å². The number of nitrogens with zero attached hydrogens (tertiary/aromatic N) is 7. The van der Waals surface area contributed by atoms with Crippen LogP contribution in [0.4, 0.5) is 11.8 Å². The van der Waals surface area contributed by atoms with Crippen LogP contribution in [0.15, 0.2) is 23.8 Å². The summed E-state index contributed by atoms with van der Waals surface area (Å²) in [6, 6.07) is 0. The van der Waals surface area contributed by atoms with Crippen LogP contribution in [0.25, 0.3) is 22.3 Å². The molecule has 4 aliphatic heterocycles. The van der Waals surface area contributed by atoms with Gasteiger partial charge in [0.05, 0.1) is 31.1 Å². The van der Waals surface area contributed by atoms with Gasteiger partial charge in [0.2, 0.25) is 11.7 Å². The van der Waals surface area contributed by atoms with Crippen LogP contribution in [-0.4, -0.2) is 102 Å². The van der Waals surface area contributed by atoms with E-state index in [1.807, 2.05) is 0 Å². The zero-order chi connectivity index (χ0) is 33.1. The molecule has 0 amide bonds. The Bertz CT molecular complexity index is 2100. The quantitative estimate of drug-likeness (QED) is 0.114. The average molecular weight is 749 g/mol. The number of imidazole rings is 2. The molecule has 25 heteroatoms. The second-order valence-electron chi connectivity index (χ2n) is 11.2. The van der Waals surface area contributed by atoms with Crippen LogP contribution in [0.5, 0.6) is 0 Å². The first-order chi connectivity index (χ1) is 22.2. The summed E-state index contributed by atoms with van der Waals surface area (Å²) in [4.78, 5) is 58.8. The number of hydrogen-bond acceptors (Lipinski definition) is 18. The van der Waals surface area contributed by atoms with Gasteiger partial charge in [-0.05, 0) is 30.0 Å². The van der Waals surface area contributed by atoms with E-state index in [2.05, 4.69) is 29.9 Å². The maximum absolute atomic E-state index is 12.6. The minimum Gasteiger partial charge on any atom is -0.387 e. The number of nitrogens with two attached hydrogens (primary N) is 2. The highest BCUT2D eigenvalue weighted by molar-refractivity contribution is 8.07. The number of fused-ring (bicyclic) bond motifs is 4. The number of nitrogens with one attached hydrogen (secondary N) is 1. The highest BCUT2D eigenvalue weighted by atomic mass is 32.5. The average Bonchev–Trinajstić information content (AvgIpc) is 3.34. The summed E-state index contributed by atoms with van der Waals surface area (Å²) in [5.41, 5.74) is 8.26. The van der Waals surface area contributed by atoms with E-state index >= 15 is 0 Å². The van der Waals surface area contributed by atoms with E-state index in [1.54, 1.807) is 11.5 Å². The molecule has 0 aliphatic carbocycles. The van der Waals surface area contributed by atoms with Gasteiger partial charge in [-0.3, -0.25) is 28.0 Å². The van der Waals surface area contributed by atoms with Gasteiger partial charge < -0.3 is 44.9 Å². The summed E-state index contributed by atoms with van der Waals surface area (Å²) < 4.78 is 39.6. The minimum absolute atomic E-state index is 0.0421. The predicted molar refractivity (Wildman–Crippen MR) is 170 cm³/mol. The van der Waals surface area contributed by atoms with Crippen LogP contribution in [0.2, 0.25) is 0 Å². The van der Waals surface area contributed by atoms with Gasteiger partial charge in [0.25, 0.3) is 5.56 Å². The van der Waals surface area contributed by atoms with Gasteiger partial charge in [-0.25, -0.2) is 19.9 Å². The van der Waals surface area contributed by atoms with Gasteiger partial charge in [0, 0.05) is 5.75 Å². The Labute approximate surface area is 277 Å². The molecule has 4 aromatic heterocycles. The summed E-state index contributed by atoms with van der Waals surface area (Å²) in [6.07, 6.45) is 0.766. The number of aliphatic hydroxyl groups is 1. The summed E-state index contributed by atoms with van der Waals surface area (Å²) in [6.45, 7) is -7.50. The summed E-state index contributed by atoms with van der Waals surface area (Å²) in [7, 11) is 0. The first-order valence-corrected chi connectivity index (χ1v) is 20.1. The van der Waals surface area contributed by atoms with Gasteiger partial charge in [0.1, 0.15) is 17.9 Å². The molecule has 8 N–H and O–H groups in total. The van der Waals surface area contributed by atoms with E-state index in [0.29, 0.717) is 11.2 Å². The fourth-order valence-electron chi connectivity index (χ4n) is 6.27. The maximum atomic E-state index is 12.6. The lowest BCUT2D eigenvalue weighted by molar-refractivity contribution is -0.210. The molecule has 4 fully saturated rings. The van der Waals surface area contributed by atoms with Crippen LogP contribution in [0, 0.1) is 0 Å². The number of H-pyrrole nitrogens is 1. The van der Waals surface area contributed by atoms with Crippen molar-refractivity contribution in [1.29, 1.82) is 0 Å². The Hall–Kier alpha value is -2.21. The predicted octanol–water partition coefficient (Wildman–Crippen LogP) is -0.461. The number of rotatable bonds is 3. The van der Waals surface area contributed by atoms with Gasteiger partial charge in [-0.1, -0.05) is 6.92 Å². The SMILES string of the molecule is CC[C@@]12COP(O)(=S)O[C@@]3(n4cnc5c(=O)[nH]c(N)nc54)CS[C@H](COP(O)(=S)OC14O[C@H]4[C@H](n1cnc4c(N)ncnc41)O2)[C@H]3O. The van der Waals surface area contributed by atoms with Crippen molar-refractivity contribution in [3.8, 4) is 0 Å². The number of aromatic nitrogens is 8.